The first-order chi connectivity index (χ1) is 7.11. The van der Waals surface area contributed by atoms with E-state index in [1.54, 1.807) is 0 Å². The third-order valence-corrected chi connectivity index (χ3v) is 3.16. The summed E-state index contributed by atoms with van der Waals surface area (Å²) in [6.07, 6.45) is 3.84. The van der Waals surface area contributed by atoms with Gasteiger partial charge >= 0.3 is 0 Å². The molecular weight excluding hydrogens is 186 g/mol. The standard InChI is InChI=1S/C13H19NO/c1-14(2)12-6-4-3-5-11(12)7-8-13(15)9-10-13/h3-6,15H,7-10H2,1-2H3. The van der Waals surface area contributed by atoms with Gasteiger partial charge in [-0.15, -0.1) is 0 Å². The minimum atomic E-state index is -0.334. The summed E-state index contributed by atoms with van der Waals surface area (Å²) in [6, 6.07) is 8.41. The number of anilines is 1. The second-order valence-corrected chi connectivity index (χ2v) is 4.75. The molecule has 2 nitrogen and oxygen atoms in total. The summed E-state index contributed by atoms with van der Waals surface area (Å²) in [4.78, 5) is 2.13. The Hall–Kier alpha value is -1.02. The first-order valence-corrected chi connectivity index (χ1v) is 5.58. The van der Waals surface area contributed by atoms with Gasteiger partial charge < -0.3 is 10.0 Å². The fourth-order valence-corrected chi connectivity index (χ4v) is 1.92. The van der Waals surface area contributed by atoms with Crippen molar-refractivity contribution in [3.63, 3.8) is 0 Å². The van der Waals surface area contributed by atoms with Gasteiger partial charge in [-0.2, -0.15) is 0 Å². The van der Waals surface area contributed by atoms with Crippen molar-refractivity contribution in [2.45, 2.75) is 31.3 Å². The molecule has 1 aliphatic carbocycles. The zero-order valence-corrected chi connectivity index (χ0v) is 9.53. The monoisotopic (exact) mass is 205 g/mol. The molecule has 1 N–H and O–H groups in total. The molecule has 82 valence electrons. The van der Waals surface area contributed by atoms with Crippen molar-refractivity contribution in [2.24, 2.45) is 0 Å². The fraction of sp³-hybridized carbons (Fsp3) is 0.538. The predicted octanol–water partition coefficient (Wildman–Crippen LogP) is 2.21. The molecule has 1 aromatic carbocycles. The van der Waals surface area contributed by atoms with E-state index in [4.69, 9.17) is 0 Å². The van der Waals surface area contributed by atoms with E-state index in [2.05, 4.69) is 43.3 Å². The van der Waals surface area contributed by atoms with Crippen LogP contribution in [0.2, 0.25) is 0 Å². The van der Waals surface area contributed by atoms with E-state index in [1.807, 2.05) is 0 Å². The highest BCUT2D eigenvalue weighted by atomic mass is 16.3. The van der Waals surface area contributed by atoms with E-state index in [9.17, 15) is 5.11 Å². The molecule has 0 saturated heterocycles. The number of para-hydroxylation sites is 1. The van der Waals surface area contributed by atoms with Crippen molar-refractivity contribution in [1.82, 2.24) is 0 Å². The van der Waals surface area contributed by atoms with Gasteiger partial charge in [-0.3, -0.25) is 0 Å². The molecule has 1 aliphatic rings. The molecule has 2 rings (SSSR count). The molecule has 0 unspecified atom stereocenters. The summed E-state index contributed by atoms with van der Waals surface area (Å²) in [5.74, 6) is 0. The second kappa shape index (κ2) is 3.86. The molecule has 1 fully saturated rings. The normalized spacial score (nSPS) is 17.5. The van der Waals surface area contributed by atoms with E-state index < -0.39 is 0 Å². The van der Waals surface area contributed by atoms with Gasteiger partial charge in [-0.05, 0) is 37.3 Å². The molecule has 0 aromatic heterocycles. The van der Waals surface area contributed by atoms with Crippen LogP contribution in [0.1, 0.15) is 24.8 Å². The van der Waals surface area contributed by atoms with Crippen molar-refractivity contribution in [3.05, 3.63) is 29.8 Å². The minimum Gasteiger partial charge on any atom is -0.390 e. The van der Waals surface area contributed by atoms with Crippen LogP contribution in [0.15, 0.2) is 24.3 Å². The lowest BCUT2D eigenvalue weighted by molar-refractivity contribution is 0.140. The molecule has 0 spiro atoms. The summed E-state index contributed by atoms with van der Waals surface area (Å²) in [7, 11) is 4.12. The van der Waals surface area contributed by atoms with Crippen molar-refractivity contribution in [1.29, 1.82) is 0 Å². The second-order valence-electron chi connectivity index (χ2n) is 4.75. The Kier molecular flexibility index (Phi) is 2.70. The predicted molar refractivity (Wildman–Crippen MR) is 63.3 cm³/mol. The Balaban J connectivity index is 2.06. The van der Waals surface area contributed by atoms with Crippen LogP contribution in [-0.4, -0.2) is 24.8 Å². The average Bonchev–Trinajstić information content (AvgIpc) is 2.95. The van der Waals surface area contributed by atoms with Crippen LogP contribution >= 0.6 is 0 Å². The molecule has 0 radical (unpaired) electrons. The summed E-state index contributed by atoms with van der Waals surface area (Å²) < 4.78 is 0. The maximum Gasteiger partial charge on any atom is 0.0653 e. The Bertz CT molecular complexity index is 342. The molecule has 0 heterocycles. The lowest BCUT2D eigenvalue weighted by Crippen LogP contribution is -2.13. The van der Waals surface area contributed by atoms with E-state index in [-0.39, 0.29) is 5.60 Å². The van der Waals surface area contributed by atoms with Crippen LogP contribution in [0.5, 0.6) is 0 Å². The lowest BCUT2D eigenvalue weighted by atomic mass is 10.0. The maximum absolute atomic E-state index is 9.81. The van der Waals surface area contributed by atoms with Crippen LogP contribution in [0.25, 0.3) is 0 Å². The van der Waals surface area contributed by atoms with Gasteiger partial charge in [0, 0.05) is 19.8 Å². The van der Waals surface area contributed by atoms with Crippen LogP contribution in [0, 0.1) is 0 Å². The average molecular weight is 205 g/mol. The zero-order valence-electron chi connectivity index (χ0n) is 9.53. The van der Waals surface area contributed by atoms with Gasteiger partial charge in [0.15, 0.2) is 0 Å². The summed E-state index contributed by atoms with van der Waals surface area (Å²) in [5.41, 5.74) is 2.27. The minimum absolute atomic E-state index is 0.334. The smallest absolute Gasteiger partial charge is 0.0653 e. The molecule has 2 heteroatoms. The van der Waals surface area contributed by atoms with Crippen LogP contribution in [-0.2, 0) is 6.42 Å². The summed E-state index contributed by atoms with van der Waals surface area (Å²) in [5, 5.41) is 9.81. The first kappa shape index (κ1) is 10.5. The van der Waals surface area contributed by atoms with Crippen molar-refractivity contribution < 1.29 is 5.11 Å². The van der Waals surface area contributed by atoms with E-state index >= 15 is 0 Å². The number of nitrogens with zero attached hydrogens (tertiary/aromatic N) is 1. The number of hydrogen-bond donors (Lipinski definition) is 1. The van der Waals surface area contributed by atoms with Gasteiger partial charge in [0.1, 0.15) is 0 Å². The number of rotatable bonds is 4. The SMILES string of the molecule is CN(C)c1ccccc1CCC1(O)CC1. The van der Waals surface area contributed by atoms with Crippen LogP contribution in [0.3, 0.4) is 0 Å². The van der Waals surface area contributed by atoms with Crippen LogP contribution < -0.4 is 4.90 Å². The van der Waals surface area contributed by atoms with Gasteiger partial charge in [0.2, 0.25) is 0 Å². The number of hydrogen-bond acceptors (Lipinski definition) is 2. The van der Waals surface area contributed by atoms with Gasteiger partial charge in [-0.1, -0.05) is 18.2 Å². The summed E-state index contributed by atoms with van der Waals surface area (Å²) in [6.45, 7) is 0. The van der Waals surface area contributed by atoms with Gasteiger partial charge in [0.05, 0.1) is 5.60 Å². The largest absolute Gasteiger partial charge is 0.390 e. The highest BCUT2D eigenvalue weighted by molar-refractivity contribution is 5.52. The topological polar surface area (TPSA) is 23.5 Å². The Labute approximate surface area is 91.5 Å². The van der Waals surface area contributed by atoms with E-state index in [0.717, 1.165) is 25.7 Å². The van der Waals surface area contributed by atoms with Crippen molar-refractivity contribution >= 4 is 5.69 Å². The highest BCUT2D eigenvalue weighted by Crippen LogP contribution is 2.39. The fourth-order valence-electron chi connectivity index (χ4n) is 1.92. The molecule has 15 heavy (non-hydrogen) atoms. The first-order valence-electron chi connectivity index (χ1n) is 5.58. The van der Waals surface area contributed by atoms with Gasteiger partial charge in [-0.25, -0.2) is 0 Å². The molecular formula is C13H19NO. The Morgan fingerprint density at radius 1 is 1.27 bits per heavy atom. The molecule has 0 aliphatic heterocycles. The molecule has 0 atom stereocenters. The number of benzene rings is 1. The number of aliphatic hydroxyl groups is 1. The third kappa shape index (κ3) is 2.51. The highest BCUT2D eigenvalue weighted by Gasteiger charge is 2.39. The zero-order chi connectivity index (χ0) is 10.9. The maximum atomic E-state index is 9.81. The molecule has 1 aromatic rings. The molecule has 0 bridgehead atoms. The van der Waals surface area contributed by atoms with Crippen molar-refractivity contribution in [2.75, 3.05) is 19.0 Å². The quantitative estimate of drug-likeness (QED) is 0.814. The summed E-state index contributed by atoms with van der Waals surface area (Å²) >= 11 is 0. The van der Waals surface area contributed by atoms with E-state index in [1.165, 1.54) is 11.3 Å². The third-order valence-electron chi connectivity index (χ3n) is 3.16. The van der Waals surface area contributed by atoms with E-state index in [0.29, 0.717) is 0 Å². The van der Waals surface area contributed by atoms with Crippen LogP contribution in [0.4, 0.5) is 5.69 Å². The lowest BCUT2D eigenvalue weighted by Gasteiger charge is -2.18. The molecule has 0 amide bonds. The molecule has 1 saturated carbocycles. The Morgan fingerprint density at radius 3 is 2.53 bits per heavy atom. The van der Waals surface area contributed by atoms with Gasteiger partial charge in [0.25, 0.3) is 0 Å². The van der Waals surface area contributed by atoms with Crippen molar-refractivity contribution in [3.8, 4) is 0 Å². The number of aryl methyl sites for hydroxylation is 1. The Morgan fingerprint density at radius 2 is 1.93 bits per heavy atom.